The van der Waals surface area contributed by atoms with Gasteiger partial charge >= 0.3 is 6.03 Å². The molecule has 0 radical (unpaired) electrons. The van der Waals surface area contributed by atoms with E-state index in [1.165, 1.54) is 23.0 Å². The van der Waals surface area contributed by atoms with Crippen LogP contribution in [0.3, 0.4) is 0 Å². The quantitative estimate of drug-likeness (QED) is 0.786. The number of carbonyl (C=O) groups excluding carboxylic acids is 2. The first-order valence-electron chi connectivity index (χ1n) is 7.89. The molecule has 1 aromatic rings. The van der Waals surface area contributed by atoms with E-state index < -0.39 is 12.1 Å². The van der Waals surface area contributed by atoms with Gasteiger partial charge < -0.3 is 19.9 Å². The number of nitrogens with zero attached hydrogens (tertiary/aromatic N) is 2. The summed E-state index contributed by atoms with van der Waals surface area (Å²) in [6.07, 6.45) is 0.473. The molecule has 0 aliphatic carbocycles. The van der Waals surface area contributed by atoms with Crippen molar-refractivity contribution in [1.29, 1.82) is 0 Å². The lowest BCUT2D eigenvalue weighted by Crippen LogP contribution is -2.51. The lowest BCUT2D eigenvalue weighted by molar-refractivity contribution is -0.130. The summed E-state index contributed by atoms with van der Waals surface area (Å²) in [5, 5.41) is 2.71. The van der Waals surface area contributed by atoms with Gasteiger partial charge in [0.2, 0.25) is 5.91 Å². The lowest BCUT2D eigenvalue weighted by Gasteiger charge is -2.27. The van der Waals surface area contributed by atoms with E-state index in [1.807, 2.05) is 6.92 Å². The highest BCUT2D eigenvalue weighted by Crippen LogP contribution is 2.10. The molecular formula is C17H26FN3O3. The predicted octanol–water partition coefficient (Wildman–Crippen LogP) is 1.85. The summed E-state index contributed by atoms with van der Waals surface area (Å²) >= 11 is 0. The molecule has 7 heteroatoms. The SMILES string of the molecule is CC[C@H](NC(=O)N(CCOC)Cc1ccccc1F)C(=O)N(C)C. The fourth-order valence-electron chi connectivity index (χ4n) is 2.18. The van der Waals surface area contributed by atoms with E-state index in [0.29, 0.717) is 25.1 Å². The van der Waals surface area contributed by atoms with Crippen LogP contribution in [0.2, 0.25) is 0 Å². The molecule has 1 rings (SSSR count). The Kier molecular flexibility index (Phi) is 8.18. The Morgan fingerprint density at radius 3 is 2.50 bits per heavy atom. The van der Waals surface area contributed by atoms with Gasteiger partial charge in [-0.25, -0.2) is 9.18 Å². The van der Waals surface area contributed by atoms with Crippen LogP contribution in [-0.4, -0.2) is 62.1 Å². The minimum atomic E-state index is -0.613. The molecule has 134 valence electrons. The van der Waals surface area contributed by atoms with Crippen molar-refractivity contribution >= 4 is 11.9 Å². The zero-order valence-corrected chi connectivity index (χ0v) is 14.7. The summed E-state index contributed by atoms with van der Waals surface area (Å²) in [5.74, 6) is -0.549. The monoisotopic (exact) mass is 339 g/mol. The van der Waals surface area contributed by atoms with Crippen molar-refractivity contribution in [3.8, 4) is 0 Å². The van der Waals surface area contributed by atoms with E-state index in [-0.39, 0.29) is 18.3 Å². The fourth-order valence-corrected chi connectivity index (χ4v) is 2.18. The Morgan fingerprint density at radius 1 is 1.29 bits per heavy atom. The molecule has 0 fully saturated rings. The highest BCUT2D eigenvalue weighted by molar-refractivity contribution is 5.86. The molecule has 0 heterocycles. The van der Waals surface area contributed by atoms with Crippen LogP contribution in [0, 0.1) is 5.82 Å². The Balaban J connectivity index is 2.84. The average molecular weight is 339 g/mol. The van der Waals surface area contributed by atoms with Gasteiger partial charge in [0.15, 0.2) is 0 Å². The number of nitrogens with one attached hydrogen (secondary N) is 1. The van der Waals surface area contributed by atoms with Crippen LogP contribution in [0.15, 0.2) is 24.3 Å². The summed E-state index contributed by atoms with van der Waals surface area (Å²) in [5.41, 5.74) is 0.413. The maximum absolute atomic E-state index is 13.8. The summed E-state index contributed by atoms with van der Waals surface area (Å²) in [6, 6.07) is 5.27. The number of hydrogen-bond acceptors (Lipinski definition) is 3. The molecule has 0 saturated heterocycles. The zero-order chi connectivity index (χ0) is 18.1. The van der Waals surface area contributed by atoms with Gasteiger partial charge in [0.05, 0.1) is 13.2 Å². The molecule has 1 N–H and O–H groups in total. The third kappa shape index (κ3) is 5.81. The van der Waals surface area contributed by atoms with Gasteiger partial charge in [-0.2, -0.15) is 0 Å². The lowest BCUT2D eigenvalue weighted by atomic mass is 10.2. The maximum Gasteiger partial charge on any atom is 0.318 e. The fraction of sp³-hybridized carbons (Fsp3) is 0.529. The predicted molar refractivity (Wildman–Crippen MR) is 90.0 cm³/mol. The van der Waals surface area contributed by atoms with E-state index in [1.54, 1.807) is 32.3 Å². The highest BCUT2D eigenvalue weighted by Gasteiger charge is 2.23. The molecule has 6 nitrogen and oxygen atoms in total. The molecule has 0 unspecified atom stereocenters. The van der Waals surface area contributed by atoms with E-state index in [4.69, 9.17) is 4.74 Å². The van der Waals surface area contributed by atoms with Crippen molar-refractivity contribution in [2.75, 3.05) is 34.4 Å². The number of urea groups is 1. The highest BCUT2D eigenvalue weighted by atomic mass is 19.1. The van der Waals surface area contributed by atoms with Gasteiger partial charge in [-0.3, -0.25) is 4.79 Å². The number of amides is 3. The van der Waals surface area contributed by atoms with Crippen molar-refractivity contribution in [2.45, 2.75) is 25.9 Å². The maximum atomic E-state index is 13.8. The molecule has 1 atom stereocenters. The third-order valence-corrected chi connectivity index (χ3v) is 3.62. The van der Waals surface area contributed by atoms with Gasteiger partial charge in [0.1, 0.15) is 11.9 Å². The number of methoxy groups -OCH3 is 1. The van der Waals surface area contributed by atoms with Crippen LogP contribution < -0.4 is 5.32 Å². The minimum Gasteiger partial charge on any atom is -0.383 e. The van der Waals surface area contributed by atoms with Gasteiger partial charge in [0, 0.05) is 33.3 Å². The Hall–Kier alpha value is -2.15. The smallest absolute Gasteiger partial charge is 0.318 e. The van der Waals surface area contributed by atoms with Crippen molar-refractivity contribution in [2.24, 2.45) is 0 Å². The first-order valence-corrected chi connectivity index (χ1v) is 7.89. The summed E-state index contributed by atoms with van der Waals surface area (Å²) < 4.78 is 18.9. The van der Waals surface area contributed by atoms with Crippen LogP contribution in [0.5, 0.6) is 0 Å². The van der Waals surface area contributed by atoms with Crippen LogP contribution in [0.25, 0.3) is 0 Å². The number of benzene rings is 1. The molecule has 3 amide bonds. The van der Waals surface area contributed by atoms with Crippen LogP contribution >= 0.6 is 0 Å². The second kappa shape index (κ2) is 9.87. The topological polar surface area (TPSA) is 61.9 Å². The summed E-state index contributed by atoms with van der Waals surface area (Å²) in [7, 11) is 4.81. The number of carbonyl (C=O) groups is 2. The molecule has 0 spiro atoms. The van der Waals surface area contributed by atoms with Crippen LogP contribution in [-0.2, 0) is 16.1 Å². The molecule has 0 bridgehead atoms. The van der Waals surface area contributed by atoms with E-state index >= 15 is 0 Å². The second-order valence-electron chi connectivity index (χ2n) is 5.65. The Labute approximate surface area is 142 Å². The minimum absolute atomic E-state index is 0.106. The second-order valence-corrected chi connectivity index (χ2v) is 5.65. The number of hydrogen-bond donors (Lipinski definition) is 1. The van der Waals surface area contributed by atoms with Gasteiger partial charge in [-0.1, -0.05) is 25.1 Å². The molecule has 0 aliphatic rings. The Morgan fingerprint density at radius 2 is 1.96 bits per heavy atom. The van der Waals surface area contributed by atoms with Crippen LogP contribution in [0.4, 0.5) is 9.18 Å². The first kappa shape index (κ1) is 19.9. The number of ether oxygens (including phenoxy) is 1. The molecule has 1 aromatic carbocycles. The van der Waals surface area contributed by atoms with Crippen molar-refractivity contribution in [3.63, 3.8) is 0 Å². The van der Waals surface area contributed by atoms with Gasteiger partial charge in [0.25, 0.3) is 0 Å². The molecular weight excluding hydrogens is 313 g/mol. The van der Waals surface area contributed by atoms with E-state index in [0.717, 1.165) is 0 Å². The summed E-state index contributed by atoms with van der Waals surface area (Å²) in [4.78, 5) is 27.5. The largest absolute Gasteiger partial charge is 0.383 e. The van der Waals surface area contributed by atoms with Crippen molar-refractivity contribution < 1.29 is 18.7 Å². The van der Waals surface area contributed by atoms with Gasteiger partial charge in [-0.15, -0.1) is 0 Å². The van der Waals surface area contributed by atoms with E-state index in [9.17, 15) is 14.0 Å². The summed E-state index contributed by atoms with van der Waals surface area (Å²) in [6.45, 7) is 2.54. The number of halogens is 1. The van der Waals surface area contributed by atoms with Gasteiger partial charge in [-0.05, 0) is 12.5 Å². The van der Waals surface area contributed by atoms with Crippen LogP contribution in [0.1, 0.15) is 18.9 Å². The van der Waals surface area contributed by atoms with Crippen molar-refractivity contribution in [1.82, 2.24) is 15.1 Å². The number of rotatable bonds is 8. The van der Waals surface area contributed by atoms with E-state index in [2.05, 4.69) is 5.32 Å². The molecule has 0 saturated carbocycles. The third-order valence-electron chi connectivity index (χ3n) is 3.62. The molecule has 0 aromatic heterocycles. The zero-order valence-electron chi connectivity index (χ0n) is 14.7. The molecule has 0 aliphatic heterocycles. The average Bonchev–Trinajstić information content (AvgIpc) is 2.57. The standard InChI is InChI=1S/C17H26FN3O3/c1-5-15(16(22)20(2)3)19-17(23)21(10-11-24-4)12-13-8-6-7-9-14(13)18/h6-9,15H,5,10-12H2,1-4H3,(H,19,23)/t15-/m0/s1. The Bertz CT molecular complexity index is 552. The normalized spacial score (nSPS) is 11.7. The first-order chi connectivity index (χ1) is 11.4. The molecule has 24 heavy (non-hydrogen) atoms. The number of likely N-dealkylation sites (N-methyl/N-ethyl adjacent to an activating group) is 1. The van der Waals surface area contributed by atoms with Crippen molar-refractivity contribution in [3.05, 3.63) is 35.6 Å².